The van der Waals surface area contributed by atoms with Crippen LogP contribution in [0.1, 0.15) is 16.7 Å². The van der Waals surface area contributed by atoms with E-state index in [1.807, 2.05) is 36.4 Å². The summed E-state index contributed by atoms with van der Waals surface area (Å²) >= 11 is 6.01. The first-order valence-corrected chi connectivity index (χ1v) is 9.91. The Morgan fingerprint density at radius 1 is 1.13 bits per heavy atom. The summed E-state index contributed by atoms with van der Waals surface area (Å²) in [6, 6.07) is 14.8. The number of nitrogens with zero attached hydrogens (tertiary/aromatic N) is 1. The van der Waals surface area contributed by atoms with Crippen LogP contribution in [0.2, 0.25) is 5.02 Å². The fourth-order valence-electron chi connectivity index (χ4n) is 3.25. The highest BCUT2D eigenvalue weighted by Gasteiger charge is 2.29. The lowest BCUT2D eigenvalue weighted by Gasteiger charge is -2.14. The van der Waals surface area contributed by atoms with Crippen molar-refractivity contribution < 1.29 is 19.0 Å². The zero-order valence-corrected chi connectivity index (χ0v) is 17.2. The number of aromatic nitrogens is 1. The highest BCUT2D eigenvalue weighted by molar-refractivity contribution is 6.30. The number of benzene rings is 2. The van der Waals surface area contributed by atoms with Gasteiger partial charge in [0.15, 0.2) is 17.6 Å². The lowest BCUT2D eigenvalue weighted by molar-refractivity contribution is -0.127. The minimum Gasteiger partial charge on any atom is -0.493 e. The number of ether oxygens (including phenoxy) is 3. The van der Waals surface area contributed by atoms with E-state index in [1.165, 1.54) is 0 Å². The Kier molecular flexibility index (Phi) is 6.05. The molecule has 0 radical (unpaired) electrons. The Morgan fingerprint density at radius 3 is 2.77 bits per heavy atom. The number of hydrogen-bond donors (Lipinski definition) is 1. The molecule has 2 aromatic carbocycles. The van der Waals surface area contributed by atoms with E-state index in [2.05, 4.69) is 10.3 Å². The van der Waals surface area contributed by atoms with E-state index < -0.39 is 6.10 Å². The molecule has 0 bridgehead atoms. The van der Waals surface area contributed by atoms with Gasteiger partial charge in [-0.15, -0.1) is 0 Å². The van der Waals surface area contributed by atoms with E-state index in [9.17, 15) is 4.79 Å². The van der Waals surface area contributed by atoms with Gasteiger partial charge in [0.05, 0.1) is 7.11 Å². The predicted molar refractivity (Wildman–Crippen MR) is 113 cm³/mol. The molecule has 154 valence electrons. The molecule has 0 saturated heterocycles. The van der Waals surface area contributed by atoms with E-state index in [4.69, 9.17) is 25.8 Å². The van der Waals surface area contributed by atoms with Crippen molar-refractivity contribution in [3.8, 4) is 17.2 Å². The molecule has 6 nitrogen and oxygen atoms in total. The normalized spacial score (nSPS) is 14.5. The molecule has 7 heteroatoms. The van der Waals surface area contributed by atoms with Gasteiger partial charge in [-0.2, -0.15) is 0 Å². The molecule has 1 atom stereocenters. The monoisotopic (exact) mass is 424 g/mol. The number of carbonyl (C=O) groups is 1. The van der Waals surface area contributed by atoms with Crippen molar-refractivity contribution in [2.75, 3.05) is 7.11 Å². The van der Waals surface area contributed by atoms with Crippen molar-refractivity contribution in [3.63, 3.8) is 0 Å². The third kappa shape index (κ3) is 4.66. The number of methoxy groups -OCH3 is 1. The molecule has 1 aliphatic rings. The number of carbonyl (C=O) groups excluding carboxylic acids is 1. The lowest BCUT2D eigenvalue weighted by atomic mass is 10.1. The van der Waals surface area contributed by atoms with Crippen LogP contribution in [-0.4, -0.2) is 24.1 Å². The Labute approximate surface area is 179 Å². The average Bonchev–Trinajstić information content (AvgIpc) is 3.20. The molecule has 1 amide bonds. The fourth-order valence-corrected chi connectivity index (χ4v) is 3.44. The van der Waals surface area contributed by atoms with Gasteiger partial charge in [-0.3, -0.25) is 9.78 Å². The largest absolute Gasteiger partial charge is 0.493 e. The summed E-state index contributed by atoms with van der Waals surface area (Å²) in [6.45, 7) is 0.773. The number of amides is 1. The van der Waals surface area contributed by atoms with Crippen LogP contribution in [0.3, 0.4) is 0 Å². The second kappa shape index (κ2) is 9.05. The molecule has 4 rings (SSSR count). The molecule has 0 spiro atoms. The van der Waals surface area contributed by atoms with Gasteiger partial charge in [-0.25, -0.2) is 0 Å². The fraction of sp³-hybridized carbons (Fsp3) is 0.217. The van der Waals surface area contributed by atoms with E-state index in [-0.39, 0.29) is 5.91 Å². The van der Waals surface area contributed by atoms with Crippen LogP contribution in [-0.2, 0) is 24.4 Å². The van der Waals surface area contributed by atoms with Crippen molar-refractivity contribution >= 4 is 17.5 Å². The summed E-state index contributed by atoms with van der Waals surface area (Å²) in [7, 11) is 1.59. The van der Waals surface area contributed by atoms with Crippen molar-refractivity contribution in [2.24, 2.45) is 0 Å². The Hall–Kier alpha value is -3.25. The van der Waals surface area contributed by atoms with Crippen LogP contribution in [0.4, 0.5) is 0 Å². The van der Waals surface area contributed by atoms with Gasteiger partial charge < -0.3 is 19.5 Å². The van der Waals surface area contributed by atoms with E-state index in [0.29, 0.717) is 41.8 Å². The molecule has 1 N–H and O–H groups in total. The SMILES string of the molecule is COc1cc(CNC(=O)[C@@H]2Cc3cc(Cl)ccc3O2)ccc1OCc1ccncc1. The Bertz CT molecular complexity index is 1040. The third-order valence-electron chi connectivity index (χ3n) is 4.83. The number of halogens is 1. The van der Waals surface area contributed by atoms with Gasteiger partial charge >= 0.3 is 0 Å². The van der Waals surface area contributed by atoms with Crippen molar-refractivity contribution in [1.82, 2.24) is 10.3 Å². The maximum atomic E-state index is 12.5. The van der Waals surface area contributed by atoms with E-state index >= 15 is 0 Å². The van der Waals surface area contributed by atoms with Gasteiger partial charge in [0, 0.05) is 30.4 Å². The van der Waals surface area contributed by atoms with Crippen LogP contribution >= 0.6 is 11.6 Å². The number of pyridine rings is 1. The Morgan fingerprint density at radius 2 is 1.97 bits per heavy atom. The summed E-state index contributed by atoms with van der Waals surface area (Å²) in [6.07, 6.45) is 3.40. The summed E-state index contributed by atoms with van der Waals surface area (Å²) in [5, 5.41) is 3.55. The van der Waals surface area contributed by atoms with Gasteiger partial charge in [0.25, 0.3) is 5.91 Å². The van der Waals surface area contributed by atoms with Gasteiger partial charge in [-0.05, 0) is 59.2 Å². The van der Waals surface area contributed by atoms with Gasteiger partial charge in [0.2, 0.25) is 0 Å². The third-order valence-corrected chi connectivity index (χ3v) is 5.06. The van der Waals surface area contributed by atoms with E-state index in [0.717, 1.165) is 16.7 Å². The molecule has 0 fully saturated rings. The maximum absolute atomic E-state index is 12.5. The standard InChI is InChI=1S/C23H21ClN2O4/c1-28-21-10-16(2-4-20(21)29-14-15-6-8-25-9-7-15)13-26-23(27)22-12-17-11-18(24)3-5-19(17)30-22/h2-11,22H,12-14H2,1H3,(H,26,27)/t22-/m0/s1. The first-order valence-electron chi connectivity index (χ1n) is 9.54. The van der Waals surface area contributed by atoms with Crippen LogP contribution in [0.25, 0.3) is 0 Å². The molecule has 1 aromatic heterocycles. The highest BCUT2D eigenvalue weighted by atomic mass is 35.5. The number of nitrogens with one attached hydrogen (secondary N) is 1. The molecule has 0 aliphatic carbocycles. The smallest absolute Gasteiger partial charge is 0.261 e. The summed E-state index contributed by atoms with van der Waals surface area (Å²) < 4.78 is 17.0. The predicted octanol–water partition coefficient (Wildman–Crippen LogP) is 3.94. The van der Waals surface area contributed by atoms with Crippen LogP contribution in [0.15, 0.2) is 60.9 Å². The molecule has 1 aliphatic heterocycles. The Balaban J connectivity index is 1.34. The van der Waals surface area contributed by atoms with Crippen molar-refractivity contribution in [1.29, 1.82) is 0 Å². The summed E-state index contributed by atoms with van der Waals surface area (Å²) in [5.74, 6) is 1.78. The summed E-state index contributed by atoms with van der Waals surface area (Å²) in [4.78, 5) is 16.5. The number of fused-ring (bicyclic) bond motifs is 1. The van der Waals surface area contributed by atoms with Crippen LogP contribution in [0, 0.1) is 0 Å². The van der Waals surface area contributed by atoms with Gasteiger partial charge in [-0.1, -0.05) is 17.7 Å². The molecular weight excluding hydrogens is 404 g/mol. The zero-order chi connectivity index (χ0) is 20.9. The average molecular weight is 425 g/mol. The quantitative estimate of drug-likeness (QED) is 0.622. The topological polar surface area (TPSA) is 69.7 Å². The second-order valence-electron chi connectivity index (χ2n) is 6.91. The zero-order valence-electron chi connectivity index (χ0n) is 16.4. The molecule has 0 unspecified atom stereocenters. The van der Waals surface area contributed by atoms with E-state index in [1.54, 1.807) is 31.6 Å². The van der Waals surface area contributed by atoms with Crippen LogP contribution < -0.4 is 19.5 Å². The molecule has 3 aromatic rings. The van der Waals surface area contributed by atoms with Crippen LogP contribution in [0.5, 0.6) is 17.2 Å². The highest BCUT2D eigenvalue weighted by Crippen LogP contribution is 2.31. The first kappa shape index (κ1) is 20.0. The maximum Gasteiger partial charge on any atom is 0.261 e. The summed E-state index contributed by atoms with van der Waals surface area (Å²) in [5.41, 5.74) is 2.86. The second-order valence-corrected chi connectivity index (χ2v) is 7.35. The lowest BCUT2D eigenvalue weighted by Crippen LogP contribution is -2.37. The number of rotatable bonds is 7. The minimum atomic E-state index is -0.552. The molecular formula is C23H21ClN2O4. The molecule has 0 saturated carbocycles. The first-order chi connectivity index (χ1) is 14.6. The minimum absolute atomic E-state index is 0.167. The van der Waals surface area contributed by atoms with Crippen molar-refractivity contribution in [3.05, 3.63) is 82.6 Å². The van der Waals surface area contributed by atoms with Crippen molar-refractivity contribution in [2.45, 2.75) is 25.7 Å². The molecule has 2 heterocycles. The molecule has 30 heavy (non-hydrogen) atoms. The number of hydrogen-bond acceptors (Lipinski definition) is 5. The van der Waals surface area contributed by atoms with Gasteiger partial charge in [0.1, 0.15) is 12.4 Å².